The smallest absolute Gasteiger partial charge is 0.416 e. The van der Waals surface area contributed by atoms with Crippen molar-refractivity contribution in [2.45, 2.75) is 19.0 Å². The van der Waals surface area contributed by atoms with Crippen LogP contribution in [0.3, 0.4) is 0 Å². The molecule has 1 aliphatic heterocycles. The van der Waals surface area contributed by atoms with Crippen LogP contribution >= 0.6 is 11.6 Å². The Balaban J connectivity index is 1.67. The standard InChI is InChI=1S/C27H21ClF3N3O2/c28-23-11-10-18(33-12-3-4-13-33)15-24(23)32-16-22-20-8-1-2-9-21(20)25(35)34(26(22)36)19-7-5-6-17(14-19)27(29,30)31/h1-2,5-11,14-16,36H,3-4,12-13H2. The zero-order valence-corrected chi connectivity index (χ0v) is 19.7. The predicted octanol–water partition coefficient (Wildman–Crippen LogP) is 6.72. The van der Waals surface area contributed by atoms with Crippen LogP contribution in [0.1, 0.15) is 24.0 Å². The molecule has 1 fully saturated rings. The van der Waals surface area contributed by atoms with Gasteiger partial charge in [-0.15, -0.1) is 0 Å². The molecule has 1 aliphatic rings. The summed E-state index contributed by atoms with van der Waals surface area (Å²) >= 11 is 6.38. The minimum atomic E-state index is -4.60. The highest BCUT2D eigenvalue weighted by Crippen LogP contribution is 2.34. The lowest BCUT2D eigenvalue weighted by Gasteiger charge is -2.18. The fraction of sp³-hybridized carbons (Fsp3) is 0.185. The number of pyridine rings is 1. The van der Waals surface area contributed by atoms with Crippen LogP contribution in [-0.4, -0.2) is 29.0 Å². The molecule has 0 saturated carbocycles. The second-order valence-corrected chi connectivity index (χ2v) is 8.97. The Kier molecular flexibility index (Phi) is 6.22. The largest absolute Gasteiger partial charge is 0.494 e. The molecule has 4 aromatic rings. The van der Waals surface area contributed by atoms with E-state index in [2.05, 4.69) is 9.89 Å². The number of hydrogen-bond acceptors (Lipinski definition) is 4. The zero-order valence-electron chi connectivity index (χ0n) is 19.0. The fourth-order valence-electron chi connectivity index (χ4n) is 4.46. The van der Waals surface area contributed by atoms with Gasteiger partial charge in [-0.1, -0.05) is 35.9 Å². The molecule has 0 atom stereocenters. The molecule has 0 aliphatic carbocycles. The molecule has 3 aromatic carbocycles. The number of anilines is 1. The SMILES string of the molecule is O=c1c2ccccc2c(C=Nc2cc(N3CCCC3)ccc2Cl)c(O)n1-c1cccc(C(F)(F)F)c1. The molecule has 9 heteroatoms. The van der Waals surface area contributed by atoms with Crippen molar-refractivity contribution >= 4 is 40.0 Å². The van der Waals surface area contributed by atoms with Gasteiger partial charge >= 0.3 is 6.18 Å². The molecule has 0 spiro atoms. The van der Waals surface area contributed by atoms with Crippen LogP contribution in [-0.2, 0) is 6.18 Å². The minimum absolute atomic E-state index is 0.109. The molecule has 1 aromatic heterocycles. The van der Waals surface area contributed by atoms with E-state index in [0.29, 0.717) is 16.1 Å². The van der Waals surface area contributed by atoms with Gasteiger partial charge in [0.2, 0.25) is 5.88 Å². The van der Waals surface area contributed by atoms with Crippen LogP contribution in [0.25, 0.3) is 16.5 Å². The highest BCUT2D eigenvalue weighted by Gasteiger charge is 2.31. The molecule has 5 nitrogen and oxygen atoms in total. The normalized spacial score (nSPS) is 14.3. The Morgan fingerprint density at radius 1 is 0.917 bits per heavy atom. The molecular weight excluding hydrogens is 491 g/mol. The van der Waals surface area contributed by atoms with Crippen molar-refractivity contribution in [3.63, 3.8) is 0 Å². The Hall–Kier alpha value is -3.78. The zero-order chi connectivity index (χ0) is 25.4. The second-order valence-electron chi connectivity index (χ2n) is 8.56. The molecule has 36 heavy (non-hydrogen) atoms. The van der Waals surface area contributed by atoms with Crippen LogP contribution in [0, 0.1) is 0 Å². The van der Waals surface area contributed by atoms with E-state index in [0.717, 1.165) is 48.3 Å². The van der Waals surface area contributed by atoms with Crippen molar-refractivity contribution in [2.24, 2.45) is 4.99 Å². The quantitative estimate of drug-likeness (QED) is 0.309. The van der Waals surface area contributed by atoms with Gasteiger partial charge in [-0.3, -0.25) is 9.79 Å². The van der Waals surface area contributed by atoms with E-state index in [1.165, 1.54) is 18.3 Å². The summed E-state index contributed by atoms with van der Waals surface area (Å²) in [4.78, 5) is 20.0. The van der Waals surface area contributed by atoms with E-state index >= 15 is 0 Å². The van der Waals surface area contributed by atoms with E-state index in [9.17, 15) is 23.1 Å². The number of alkyl halides is 3. The predicted molar refractivity (Wildman–Crippen MR) is 136 cm³/mol. The van der Waals surface area contributed by atoms with Gasteiger partial charge in [-0.05, 0) is 55.3 Å². The third-order valence-electron chi connectivity index (χ3n) is 6.27. The van der Waals surface area contributed by atoms with Crippen molar-refractivity contribution in [1.82, 2.24) is 4.57 Å². The summed E-state index contributed by atoms with van der Waals surface area (Å²) in [6.45, 7) is 1.89. The lowest BCUT2D eigenvalue weighted by atomic mass is 10.1. The molecule has 2 heterocycles. The van der Waals surface area contributed by atoms with Gasteiger partial charge in [0, 0.05) is 35.8 Å². The number of fused-ring (bicyclic) bond motifs is 1. The average Bonchev–Trinajstić information content (AvgIpc) is 3.40. The van der Waals surface area contributed by atoms with Crippen LogP contribution < -0.4 is 10.5 Å². The molecule has 1 N–H and O–H groups in total. The van der Waals surface area contributed by atoms with Gasteiger partial charge in [0.1, 0.15) is 0 Å². The van der Waals surface area contributed by atoms with Crippen LogP contribution in [0.15, 0.2) is 76.5 Å². The Morgan fingerprint density at radius 3 is 2.36 bits per heavy atom. The molecule has 0 bridgehead atoms. The molecule has 0 amide bonds. The maximum Gasteiger partial charge on any atom is 0.416 e. The van der Waals surface area contributed by atoms with E-state index in [-0.39, 0.29) is 16.6 Å². The number of aromatic nitrogens is 1. The highest BCUT2D eigenvalue weighted by atomic mass is 35.5. The van der Waals surface area contributed by atoms with Gasteiger partial charge in [-0.2, -0.15) is 13.2 Å². The Bertz CT molecular complexity index is 1540. The van der Waals surface area contributed by atoms with Gasteiger partial charge in [-0.25, -0.2) is 4.57 Å². The van der Waals surface area contributed by atoms with E-state index in [1.54, 1.807) is 30.3 Å². The number of halogens is 4. The van der Waals surface area contributed by atoms with Gasteiger partial charge < -0.3 is 10.0 Å². The fourth-order valence-corrected chi connectivity index (χ4v) is 4.62. The van der Waals surface area contributed by atoms with Gasteiger partial charge in [0.05, 0.1) is 27.5 Å². The lowest BCUT2D eigenvalue weighted by molar-refractivity contribution is -0.137. The Morgan fingerprint density at radius 2 is 1.64 bits per heavy atom. The van der Waals surface area contributed by atoms with Crippen molar-refractivity contribution in [3.8, 4) is 11.6 Å². The van der Waals surface area contributed by atoms with Gasteiger partial charge in [0.25, 0.3) is 5.56 Å². The number of aromatic hydroxyl groups is 1. The van der Waals surface area contributed by atoms with Crippen LogP contribution in [0.2, 0.25) is 5.02 Å². The Labute approximate surface area is 209 Å². The maximum absolute atomic E-state index is 13.3. The minimum Gasteiger partial charge on any atom is -0.494 e. The molecule has 5 rings (SSSR count). The first-order valence-electron chi connectivity index (χ1n) is 11.4. The monoisotopic (exact) mass is 511 g/mol. The first-order valence-corrected chi connectivity index (χ1v) is 11.7. The molecule has 1 saturated heterocycles. The average molecular weight is 512 g/mol. The van der Waals surface area contributed by atoms with Crippen molar-refractivity contribution in [1.29, 1.82) is 0 Å². The third-order valence-corrected chi connectivity index (χ3v) is 6.59. The van der Waals surface area contributed by atoms with E-state index in [4.69, 9.17) is 11.6 Å². The summed E-state index contributed by atoms with van der Waals surface area (Å²) in [7, 11) is 0. The van der Waals surface area contributed by atoms with Crippen molar-refractivity contribution in [2.75, 3.05) is 18.0 Å². The molecule has 184 valence electrons. The highest BCUT2D eigenvalue weighted by molar-refractivity contribution is 6.33. The number of rotatable bonds is 4. The van der Waals surface area contributed by atoms with Gasteiger partial charge in [0.15, 0.2) is 0 Å². The summed E-state index contributed by atoms with van der Waals surface area (Å²) in [5.74, 6) is -0.520. The topological polar surface area (TPSA) is 57.8 Å². The van der Waals surface area contributed by atoms with Crippen LogP contribution in [0.4, 0.5) is 24.5 Å². The number of nitrogens with zero attached hydrogens (tertiary/aromatic N) is 3. The summed E-state index contributed by atoms with van der Waals surface area (Å²) in [5.41, 5.74) is -0.0469. The summed E-state index contributed by atoms with van der Waals surface area (Å²) < 4.78 is 40.8. The van der Waals surface area contributed by atoms with Crippen molar-refractivity contribution in [3.05, 3.63) is 93.2 Å². The molecule has 0 radical (unpaired) electrons. The summed E-state index contributed by atoms with van der Waals surface area (Å²) in [6, 6.07) is 16.3. The number of benzene rings is 3. The first-order chi connectivity index (χ1) is 17.2. The maximum atomic E-state index is 13.3. The number of aliphatic imine (C=N–C) groups is 1. The van der Waals surface area contributed by atoms with E-state index < -0.39 is 23.2 Å². The second kappa shape index (κ2) is 9.35. The van der Waals surface area contributed by atoms with E-state index in [1.807, 2.05) is 12.1 Å². The molecule has 0 unspecified atom stereocenters. The first kappa shape index (κ1) is 23.9. The summed E-state index contributed by atoms with van der Waals surface area (Å²) in [6.07, 6.45) is -1.000. The summed E-state index contributed by atoms with van der Waals surface area (Å²) in [5, 5.41) is 12.2. The van der Waals surface area contributed by atoms with Crippen molar-refractivity contribution < 1.29 is 18.3 Å². The molecular formula is C27H21ClF3N3O2. The van der Waals surface area contributed by atoms with Crippen LogP contribution in [0.5, 0.6) is 5.88 Å². The number of hydrogen-bond donors (Lipinski definition) is 1. The third kappa shape index (κ3) is 4.44. The lowest BCUT2D eigenvalue weighted by Crippen LogP contribution is -2.20.